The van der Waals surface area contributed by atoms with Crippen LogP contribution in [0, 0.1) is 5.92 Å². The number of hydrogen-bond donors (Lipinski definition) is 1. The third kappa shape index (κ3) is 6.08. The van der Waals surface area contributed by atoms with Crippen molar-refractivity contribution in [3.05, 3.63) is 30.3 Å². The second-order valence-electron chi connectivity index (χ2n) is 6.18. The van der Waals surface area contributed by atoms with Crippen LogP contribution in [0.2, 0.25) is 0 Å². The van der Waals surface area contributed by atoms with E-state index in [1.54, 1.807) is 23.7 Å². The van der Waals surface area contributed by atoms with Crippen molar-refractivity contribution in [1.29, 1.82) is 0 Å². The van der Waals surface area contributed by atoms with Crippen LogP contribution in [0.5, 0.6) is 0 Å². The SMILES string of the molecule is CN(CC(=O)N1CCCC(C(=O)O)C1)C(=O)CCSc1ccccc1. The summed E-state index contributed by atoms with van der Waals surface area (Å²) >= 11 is 1.61. The molecule has 1 fully saturated rings. The molecule has 1 aliphatic heterocycles. The van der Waals surface area contributed by atoms with Crippen LogP contribution in [0.25, 0.3) is 0 Å². The molecule has 1 N–H and O–H groups in total. The lowest BCUT2D eigenvalue weighted by Gasteiger charge is -2.32. The second kappa shape index (κ2) is 9.46. The number of nitrogens with zero attached hydrogens (tertiary/aromatic N) is 2. The summed E-state index contributed by atoms with van der Waals surface area (Å²) in [6, 6.07) is 9.86. The van der Waals surface area contributed by atoms with E-state index < -0.39 is 11.9 Å². The number of piperidine rings is 1. The topological polar surface area (TPSA) is 77.9 Å². The Morgan fingerprint density at radius 3 is 2.68 bits per heavy atom. The molecule has 0 saturated carbocycles. The fraction of sp³-hybridized carbons (Fsp3) is 0.500. The standard InChI is InChI=1S/C18H24N2O4S/c1-19(16(21)9-11-25-15-7-3-2-4-8-15)13-17(22)20-10-5-6-14(12-20)18(23)24/h2-4,7-8,14H,5-6,9-13H2,1H3,(H,23,24). The molecule has 0 spiro atoms. The van der Waals surface area contributed by atoms with E-state index in [1.165, 1.54) is 4.90 Å². The molecule has 0 aliphatic carbocycles. The number of amides is 2. The lowest BCUT2D eigenvalue weighted by atomic mass is 9.98. The molecule has 1 heterocycles. The minimum atomic E-state index is -0.861. The molecule has 1 aliphatic rings. The first-order valence-corrected chi connectivity index (χ1v) is 9.38. The lowest BCUT2D eigenvalue weighted by Crippen LogP contribution is -2.46. The molecule has 1 aromatic carbocycles. The van der Waals surface area contributed by atoms with Gasteiger partial charge in [0, 0.05) is 37.2 Å². The van der Waals surface area contributed by atoms with Crippen LogP contribution in [-0.4, -0.2) is 65.1 Å². The van der Waals surface area contributed by atoms with Crippen LogP contribution in [0.1, 0.15) is 19.3 Å². The van der Waals surface area contributed by atoms with Gasteiger partial charge in [-0.1, -0.05) is 18.2 Å². The molecule has 25 heavy (non-hydrogen) atoms. The van der Waals surface area contributed by atoms with E-state index in [9.17, 15) is 14.4 Å². The fourth-order valence-electron chi connectivity index (χ4n) is 2.76. The summed E-state index contributed by atoms with van der Waals surface area (Å²) in [6.45, 7) is 0.801. The Kier molecular flexibility index (Phi) is 7.31. The summed E-state index contributed by atoms with van der Waals surface area (Å²) in [4.78, 5) is 39.7. The maximum absolute atomic E-state index is 12.3. The Labute approximate surface area is 152 Å². The van der Waals surface area contributed by atoms with Crippen molar-refractivity contribution in [1.82, 2.24) is 9.80 Å². The highest BCUT2D eigenvalue weighted by Gasteiger charge is 2.28. The van der Waals surface area contributed by atoms with Crippen molar-refractivity contribution in [3.63, 3.8) is 0 Å². The van der Waals surface area contributed by atoms with Gasteiger partial charge in [-0.3, -0.25) is 14.4 Å². The van der Waals surface area contributed by atoms with Crippen LogP contribution in [0.15, 0.2) is 35.2 Å². The maximum Gasteiger partial charge on any atom is 0.308 e. The number of aliphatic carboxylic acids is 1. The van der Waals surface area contributed by atoms with Gasteiger partial charge in [0.25, 0.3) is 0 Å². The van der Waals surface area contributed by atoms with Crippen LogP contribution >= 0.6 is 11.8 Å². The van der Waals surface area contributed by atoms with Gasteiger partial charge in [-0.25, -0.2) is 0 Å². The van der Waals surface area contributed by atoms with Gasteiger partial charge in [-0.15, -0.1) is 11.8 Å². The fourth-order valence-corrected chi connectivity index (χ4v) is 3.62. The summed E-state index contributed by atoms with van der Waals surface area (Å²) in [5.74, 6) is -0.964. The number of likely N-dealkylation sites (N-methyl/N-ethyl adjacent to an activating group) is 1. The first-order valence-electron chi connectivity index (χ1n) is 8.39. The normalized spacial score (nSPS) is 17.2. The second-order valence-corrected chi connectivity index (χ2v) is 7.35. The Morgan fingerprint density at radius 1 is 1.28 bits per heavy atom. The van der Waals surface area contributed by atoms with Crippen molar-refractivity contribution < 1.29 is 19.5 Å². The van der Waals surface area contributed by atoms with Crippen LogP contribution < -0.4 is 0 Å². The van der Waals surface area contributed by atoms with Gasteiger partial charge in [-0.05, 0) is 25.0 Å². The van der Waals surface area contributed by atoms with Crippen molar-refractivity contribution >= 4 is 29.5 Å². The average molecular weight is 364 g/mol. The molecule has 0 bridgehead atoms. The lowest BCUT2D eigenvalue weighted by molar-refractivity contribution is -0.147. The number of benzene rings is 1. The highest BCUT2D eigenvalue weighted by molar-refractivity contribution is 7.99. The number of likely N-dealkylation sites (tertiary alicyclic amines) is 1. The zero-order valence-electron chi connectivity index (χ0n) is 14.4. The number of carboxylic acids is 1. The highest BCUT2D eigenvalue weighted by atomic mass is 32.2. The molecule has 0 aromatic heterocycles. The summed E-state index contributed by atoms with van der Waals surface area (Å²) < 4.78 is 0. The number of carbonyl (C=O) groups is 3. The molecule has 1 atom stereocenters. The monoisotopic (exact) mass is 364 g/mol. The van der Waals surface area contributed by atoms with Crippen LogP contribution in [0.3, 0.4) is 0 Å². The van der Waals surface area contributed by atoms with Crippen LogP contribution in [0.4, 0.5) is 0 Å². The molecular weight excluding hydrogens is 340 g/mol. The Morgan fingerprint density at radius 2 is 2.00 bits per heavy atom. The molecule has 1 saturated heterocycles. The molecule has 2 rings (SSSR count). The largest absolute Gasteiger partial charge is 0.481 e. The van der Waals surface area contributed by atoms with E-state index in [2.05, 4.69) is 0 Å². The first-order chi connectivity index (χ1) is 12.0. The Balaban J connectivity index is 1.74. The minimum absolute atomic E-state index is 0.00117. The smallest absolute Gasteiger partial charge is 0.308 e. The molecular formula is C18H24N2O4S. The summed E-state index contributed by atoms with van der Waals surface area (Å²) in [5.41, 5.74) is 0. The van der Waals surface area contributed by atoms with Gasteiger partial charge >= 0.3 is 5.97 Å². The Bertz CT molecular complexity index is 608. The maximum atomic E-state index is 12.3. The molecule has 1 unspecified atom stereocenters. The van der Waals surface area contributed by atoms with Gasteiger partial charge < -0.3 is 14.9 Å². The van der Waals surface area contributed by atoms with E-state index in [0.717, 1.165) is 4.90 Å². The van der Waals surface area contributed by atoms with E-state index in [0.29, 0.717) is 31.6 Å². The summed E-state index contributed by atoms with van der Waals surface area (Å²) in [5, 5.41) is 9.09. The molecule has 0 radical (unpaired) electrons. The average Bonchev–Trinajstić information content (AvgIpc) is 2.62. The Hall–Kier alpha value is -2.02. The summed E-state index contributed by atoms with van der Waals surface area (Å²) in [6.07, 6.45) is 1.65. The number of rotatable bonds is 7. The first kappa shape index (κ1) is 19.3. The predicted octanol–water partition coefficient (Wildman–Crippen LogP) is 1.95. The minimum Gasteiger partial charge on any atom is -0.481 e. The van der Waals surface area contributed by atoms with Gasteiger partial charge in [0.05, 0.1) is 12.5 Å². The number of hydrogen-bond acceptors (Lipinski definition) is 4. The van der Waals surface area contributed by atoms with Gasteiger partial charge in [-0.2, -0.15) is 0 Å². The van der Waals surface area contributed by atoms with Gasteiger partial charge in [0.15, 0.2) is 0 Å². The van der Waals surface area contributed by atoms with Crippen molar-refractivity contribution in [2.24, 2.45) is 5.92 Å². The number of carbonyl (C=O) groups excluding carboxylic acids is 2. The quantitative estimate of drug-likeness (QED) is 0.748. The third-order valence-corrected chi connectivity index (χ3v) is 5.26. The van der Waals surface area contributed by atoms with Crippen molar-refractivity contribution in [2.45, 2.75) is 24.2 Å². The predicted molar refractivity (Wildman–Crippen MR) is 96.4 cm³/mol. The molecule has 6 nitrogen and oxygen atoms in total. The van der Waals surface area contributed by atoms with E-state index >= 15 is 0 Å². The van der Waals surface area contributed by atoms with Crippen molar-refractivity contribution in [2.75, 3.05) is 32.4 Å². The van der Waals surface area contributed by atoms with Crippen LogP contribution in [-0.2, 0) is 14.4 Å². The number of thioether (sulfide) groups is 1. The van der Waals surface area contributed by atoms with E-state index in [4.69, 9.17) is 5.11 Å². The molecule has 2 amide bonds. The number of carboxylic acid groups (broad SMARTS) is 1. The summed E-state index contributed by atoms with van der Waals surface area (Å²) in [7, 11) is 1.62. The van der Waals surface area contributed by atoms with E-state index in [1.807, 2.05) is 30.3 Å². The van der Waals surface area contributed by atoms with Crippen molar-refractivity contribution in [3.8, 4) is 0 Å². The highest BCUT2D eigenvalue weighted by Crippen LogP contribution is 2.19. The van der Waals surface area contributed by atoms with Gasteiger partial charge in [0.2, 0.25) is 11.8 Å². The third-order valence-electron chi connectivity index (χ3n) is 4.25. The van der Waals surface area contributed by atoms with E-state index in [-0.39, 0.29) is 24.9 Å². The molecule has 1 aromatic rings. The zero-order chi connectivity index (χ0) is 18.2. The zero-order valence-corrected chi connectivity index (χ0v) is 15.2. The van der Waals surface area contributed by atoms with Gasteiger partial charge in [0.1, 0.15) is 0 Å². The molecule has 7 heteroatoms. The molecule has 136 valence electrons.